The summed E-state index contributed by atoms with van der Waals surface area (Å²) in [7, 11) is 0. The van der Waals surface area contributed by atoms with E-state index in [1.165, 1.54) is 16.7 Å². The predicted molar refractivity (Wildman–Crippen MR) is 126 cm³/mol. The third-order valence-corrected chi connectivity index (χ3v) is 8.97. The zero-order valence-corrected chi connectivity index (χ0v) is 19.7. The number of anilines is 1. The van der Waals surface area contributed by atoms with Crippen LogP contribution in [0.1, 0.15) is 12.0 Å². The van der Waals surface area contributed by atoms with Gasteiger partial charge in [0.2, 0.25) is 5.91 Å². The first-order valence-electron chi connectivity index (χ1n) is 11.1. The molecule has 2 amide bonds. The highest BCUT2D eigenvalue weighted by atomic mass is 35.5. The molecule has 1 aromatic carbocycles. The number of β-amino-alcohol motifs (C(OH)–C–C–N with tert-alkyl or cyclic N) is 1. The van der Waals surface area contributed by atoms with Gasteiger partial charge in [0.05, 0.1) is 40.5 Å². The minimum absolute atomic E-state index is 0.0134. The number of amides is 2. The maximum atomic E-state index is 14.1. The van der Waals surface area contributed by atoms with Crippen LogP contribution in [0.5, 0.6) is 0 Å². The lowest BCUT2D eigenvalue weighted by Crippen LogP contribution is -2.54. The normalized spacial score (nSPS) is 33.2. The number of thioether (sulfide) groups is 1. The Hall–Kier alpha value is -2.29. The van der Waals surface area contributed by atoms with Gasteiger partial charge in [-0.3, -0.25) is 14.4 Å². The van der Waals surface area contributed by atoms with Crippen molar-refractivity contribution < 1.29 is 24.2 Å². The van der Waals surface area contributed by atoms with E-state index in [1.807, 2.05) is 43.4 Å². The van der Waals surface area contributed by atoms with Crippen molar-refractivity contribution in [1.82, 2.24) is 4.90 Å². The molecule has 33 heavy (non-hydrogen) atoms. The third-order valence-electron chi connectivity index (χ3n) is 6.92. The summed E-state index contributed by atoms with van der Waals surface area (Å²) in [6, 6.07) is 4.59. The van der Waals surface area contributed by atoms with E-state index in [9.17, 15) is 19.5 Å². The number of carbonyl (C=O) groups is 3. The van der Waals surface area contributed by atoms with E-state index in [-0.39, 0.29) is 36.8 Å². The maximum absolute atomic E-state index is 14.1. The summed E-state index contributed by atoms with van der Waals surface area (Å²) in [6.07, 6.45) is 8.39. The van der Waals surface area contributed by atoms with Crippen LogP contribution < -0.4 is 4.90 Å². The lowest BCUT2D eigenvalue weighted by atomic mass is 9.78. The molecule has 0 aromatic heterocycles. The molecule has 2 fully saturated rings. The Morgan fingerprint density at radius 3 is 2.82 bits per heavy atom. The number of hydrogen-bond acceptors (Lipinski definition) is 6. The van der Waals surface area contributed by atoms with E-state index in [4.69, 9.17) is 16.3 Å². The molecule has 1 spiro atoms. The van der Waals surface area contributed by atoms with Crippen LogP contribution >= 0.6 is 23.4 Å². The zero-order valence-electron chi connectivity index (χ0n) is 18.1. The second-order valence-electron chi connectivity index (χ2n) is 8.74. The number of esters is 1. The minimum Gasteiger partial charge on any atom is -0.465 e. The third kappa shape index (κ3) is 3.33. The number of ether oxygens (including phenoxy) is 1. The summed E-state index contributed by atoms with van der Waals surface area (Å²) >= 11 is 7.98. The number of fused-ring (bicyclic) bond motifs is 2. The first-order valence-corrected chi connectivity index (χ1v) is 12.3. The van der Waals surface area contributed by atoms with E-state index in [2.05, 4.69) is 0 Å². The second kappa shape index (κ2) is 8.49. The monoisotopic (exact) mass is 488 g/mol. The lowest BCUT2D eigenvalue weighted by molar-refractivity contribution is -0.153. The fraction of sp³-hybridized carbons (Fsp3) is 0.458. The number of rotatable bonds is 3. The van der Waals surface area contributed by atoms with Crippen molar-refractivity contribution in [2.75, 3.05) is 31.2 Å². The van der Waals surface area contributed by atoms with Crippen molar-refractivity contribution in [1.29, 1.82) is 0 Å². The molecule has 9 heteroatoms. The standard InChI is InChI=1S/C24H25ClN2O5S/c1-14-6-4-7-15(25)19(14)26-10-5-9-24-18(21(29)27(11-12-28)20(24)22(26)30)17-16(33-24)8-2-3-13-32-23(17)31/h2,4-9,16-18,20,28H,3,10-13H2,1H3/t16-,17+,18-,20?,24-/m0/s1. The Morgan fingerprint density at radius 1 is 1.24 bits per heavy atom. The predicted octanol–water partition coefficient (Wildman–Crippen LogP) is 2.34. The molecule has 1 N–H and O–H groups in total. The van der Waals surface area contributed by atoms with Crippen LogP contribution in [-0.4, -0.2) is 70.1 Å². The molecular formula is C24H25ClN2O5S. The van der Waals surface area contributed by atoms with E-state index >= 15 is 0 Å². The molecular weight excluding hydrogens is 464 g/mol. The van der Waals surface area contributed by atoms with Crippen LogP contribution in [0.2, 0.25) is 5.02 Å². The fourth-order valence-electron chi connectivity index (χ4n) is 5.62. The quantitative estimate of drug-likeness (QED) is 0.519. The van der Waals surface area contributed by atoms with Gasteiger partial charge < -0.3 is 19.6 Å². The zero-order chi connectivity index (χ0) is 23.3. The lowest BCUT2D eigenvalue weighted by Gasteiger charge is -2.35. The first kappa shape index (κ1) is 22.5. The molecule has 0 bridgehead atoms. The van der Waals surface area contributed by atoms with Gasteiger partial charge in [-0.05, 0) is 25.0 Å². The molecule has 4 aliphatic rings. The van der Waals surface area contributed by atoms with Crippen LogP contribution in [0.25, 0.3) is 0 Å². The number of hydrogen-bond donors (Lipinski definition) is 1. The number of likely N-dealkylation sites (tertiary alicyclic amines) is 1. The molecule has 0 aliphatic carbocycles. The summed E-state index contributed by atoms with van der Waals surface area (Å²) < 4.78 is 4.51. The van der Waals surface area contributed by atoms with Crippen molar-refractivity contribution in [3.8, 4) is 0 Å². The number of aliphatic hydroxyl groups excluding tert-OH is 1. The Bertz CT molecular complexity index is 1050. The van der Waals surface area contributed by atoms with Crippen molar-refractivity contribution in [2.45, 2.75) is 29.4 Å². The number of nitrogens with zero attached hydrogens (tertiary/aromatic N) is 2. The Kier molecular flexibility index (Phi) is 5.79. The molecule has 1 aromatic rings. The summed E-state index contributed by atoms with van der Waals surface area (Å²) in [5.41, 5.74) is 1.46. The highest BCUT2D eigenvalue weighted by Gasteiger charge is 2.71. The number of aliphatic hydroxyl groups is 1. The Morgan fingerprint density at radius 2 is 2.06 bits per heavy atom. The molecule has 0 saturated carbocycles. The molecule has 1 unspecified atom stereocenters. The number of benzene rings is 1. The van der Waals surface area contributed by atoms with Crippen LogP contribution in [-0.2, 0) is 19.1 Å². The van der Waals surface area contributed by atoms with Gasteiger partial charge >= 0.3 is 5.97 Å². The van der Waals surface area contributed by atoms with Gasteiger partial charge in [0, 0.05) is 18.3 Å². The minimum atomic E-state index is -0.934. The SMILES string of the molecule is Cc1cccc(Cl)c1N1CC=C[C@]23S[C@H]4C=CCCOC(=O)[C@H]4[C@H]2C(=O)N(CCO)C3C1=O. The Labute approximate surface area is 201 Å². The summed E-state index contributed by atoms with van der Waals surface area (Å²) in [5, 5.41) is 9.91. The van der Waals surface area contributed by atoms with Gasteiger partial charge in [-0.25, -0.2) is 0 Å². The molecule has 174 valence electrons. The van der Waals surface area contributed by atoms with Gasteiger partial charge in [0.25, 0.3) is 5.91 Å². The largest absolute Gasteiger partial charge is 0.465 e. The van der Waals surface area contributed by atoms with Gasteiger partial charge in [0.15, 0.2) is 0 Å². The van der Waals surface area contributed by atoms with Crippen molar-refractivity contribution >= 4 is 46.8 Å². The maximum Gasteiger partial charge on any atom is 0.311 e. The molecule has 5 rings (SSSR count). The number of carbonyl (C=O) groups excluding carboxylic acids is 3. The molecule has 5 atom stereocenters. The van der Waals surface area contributed by atoms with Crippen molar-refractivity contribution in [3.63, 3.8) is 0 Å². The second-order valence-corrected chi connectivity index (χ2v) is 10.6. The molecule has 4 heterocycles. The van der Waals surface area contributed by atoms with Crippen LogP contribution in [0.4, 0.5) is 5.69 Å². The average Bonchev–Trinajstić information content (AvgIpc) is 3.14. The topological polar surface area (TPSA) is 87.2 Å². The summed E-state index contributed by atoms with van der Waals surface area (Å²) in [6.45, 7) is 2.19. The summed E-state index contributed by atoms with van der Waals surface area (Å²) in [5.74, 6) is -2.39. The highest BCUT2D eigenvalue weighted by Crippen LogP contribution is 2.61. The number of cyclic esters (lactones) is 1. The van der Waals surface area contributed by atoms with Crippen LogP contribution in [0.15, 0.2) is 42.5 Å². The highest BCUT2D eigenvalue weighted by molar-refractivity contribution is 8.02. The van der Waals surface area contributed by atoms with E-state index in [1.54, 1.807) is 11.0 Å². The van der Waals surface area contributed by atoms with Crippen LogP contribution in [0, 0.1) is 18.8 Å². The van der Waals surface area contributed by atoms with Gasteiger partial charge in [0.1, 0.15) is 6.04 Å². The fourth-order valence-corrected chi connectivity index (χ4v) is 7.95. The van der Waals surface area contributed by atoms with Gasteiger partial charge in [-0.2, -0.15) is 0 Å². The van der Waals surface area contributed by atoms with Crippen molar-refractivity contribution in [3.05, 3.63) is 53.1 Å². The van der Waals surface area contributed by atoms with E-state index < -0.39 is 28.6 Å². The van der Waals surface area contributed by atoms with Crippen LogP contribution in [0.3, 0.4) is 0 Å². The van der Waals surface area contributed by atoms with Gasteiger partial charge in [-0.1, -0.05) is 48.0 Å². The van der Waals surface area contributed by atoms with E-state index in [0.717, 1.165) is 5.56 Å². The molecule has 7 nitrogen and oxygen atoms in total. The smallest absolute Gasteiger partial charge is 0.311 e. The molecule has 0 radical (unpaired) electrons. The summed E-state index contributed by atoms with van der Waals surface area (Å²) in [4.78, 5) is 43.9. The molecule has 2 saturated heterocycles. The average molecular weight is 489 g/mol. The first-order chi connectivity index (χ1) is 15.9. The molecule has 4 aliphatic heterocycles. The Balaban J connectivity index is 1.64. The van der Waals surface area contributed by atoms with Crippen molar-refractivity contribution in [2.24, 2.45) is 11.8 Å². The number of para-hydroxylation sites is 1. The van der Waals surface area contributed by atoms with Gasteiger partial charge in [-0.15, -0.1) is 11.8 Å². The van der Waals surface area contributed by atoms with E-state index in [0.29, 0.717) is 23.7 Å². The number of aryl methyl sites for hydroxylation is 1. The number of halogens is 1.